The van der Waals surface area contributed by atoms with Gasteiger partial charge in [-0.15, -0.1) is 0 Å². The van der Waals surface area contributed by atoms with E-state index in [9.17, 15) is 9.59 Å². The summed E-state index contributed by atoms with van der Waals surface area (Å²) < 4.78 is 6.40. The molecule has 2 saturated heterocycles. The molecule has 2 aliphatic rings. The van der Waals surface area contributed by atoms with Crippen LogP contribution in [0.15, 0.2) is 36.4 Å². The van der Waals surface area contributed by atoms with Gasteiger partial charge < -0.3 is 15.0 Å². The molecule has 0 radical (unpaired) electrons. The van der Waals surface area contributed by atoms with Gasteiger partial charge in [0.15, 0.2) is 0 Å². The minimum absolute atomic E-state index is 0.0135. The molecule has 1 aromatic heterocycles. The number of aromatic nitrogens is 2. The lowest BCUT2D eigenvalue weighted by Gasteiger charge is -2.39. The number of hydrogen-bond donors (Lipinski definition) is 2. The summed E-state index contributed by atoms with van der Waals surface area (Å²) in [6.07, 6.45) is 4.97. The average molecular weight is 439 g/mol. The molecule has 2 aromatic rings. The van der Waals surface area contributed by atoms with Crippen LogP contribution in [0.2, 0.25) is 0 Å². The quantitative estimate of drug-likeness (QED) is 0.695. The van der Waals surface area contributed by atoms with E-state index in [4.69, 9.17) is 4.74 Å². The molecule has 3 heterocycles. The van der Waals surface area contributed by atoms with Crippen LogP contribution >= 0.6 is 0 Å². The Morgan fingerprint density at radius 1 is 1.22 bits per heavy atom. The van der Waals surface area contributed by atoms with E-state index in [0.29, 0.717) is 24.6 Å². The molecule has 2 N–H and O–H groups in total. The molecule has 0 bridgehead atoms. The molecule has 1 spiro atoms. The second kappa shape index (κ2) is 9.86. The van der Waals surface area contributed by atoms with Crippen molar-refractivity contribution in [1.29, 1.82) is 0 Å². The SMILES string of the molecule is CC(C)Cc1cc(C(=O)NCC2CCC3(CCN(C(=O)Cc4ccccc4)CC3)O2)n[nH]1. The molecule has 4 rings (SSSR count). The smallest absolute Gasteiger partial charge is 0.271 e. The van der Waals surface area contributed by atoms with E-state index in [0.717, 1.165) is 56.5 Å². The number of aromatic amines is 1. The number of hydrogen-bond acceptors (Lipinski definition) is 4. The van der Waals surface area contributed by atoms with Crippen LogP contribution < -0.4 is 5.32 Å². The summed E-state index contributed by atoms with van der Waals surface area (Å²) in [6, 6.07) is 11.7. The number of rotatable bonds is 7. The van der Waals surface area contributed by atoms with E-state index in [1.165, 1.54) is 0 Å². The fourth-order valence-electron chi connectivity index (χ4n) is 4.77. The Bertz CT molecular complexity index is 916. The fourth-order valence-corrected chi connectivity index (χ4v) is 4.77. The van der Waals surface area contributed by atoms with Gasteiger partial charge in [0, 0.05) is 25.3 Å². The number of likely N-dealkylation sites (tertiary alicyclic amines) is 1. The number of nitrogens with one attached hydrogen (secondary N) is 2. The van der Waals surface area contributed by atoms with Crippen LogP contribution in [-0.2, 0) is 22.4 Å². The number of amides is 2. The van der Waals surface area contributed by atoms with Crippen molar-refractivity contribution in [3.8, 4) is 0 Å². The molecule has 1 aromatic carbocycles. The molecule has 7 heteroatoms. The summed E-state index contributed by atoms with van der Waals surface area (Å²) in [5.41, 5.74) is 2.31. The topological polar surface area (TPSA) is 87.3 Å². The van der Waals surface area contributed by atoms with Crippen molar-refractivity contribution >= 4 is 11.8 Å². The van der Waals surface area contributed by atoms with Gasteiger partial charge in [0.2, 0.25) is 5.91 Å². The van der Waals surface area contributed by atoms with Crippen LogP contribution in [-0.4, -0.2) is 58.3 Å². The number of nitrogens with zero attached hydrogens (tertiary/aromatic N) is 2. The second-order valence-electron chi connectivity index (χ2n) is 9.59. The number of ether oxygens (including phenoxy) is 1. The zero-order chi connectivity index (χ0) is 22.6. The van der Waals surface area contributed by atoms with Gasteiger partial charge in [-0.1, -0.05) is 44.2 Å². The Kier molecular flexibility index (Phi) is 6.94. The van der Waals surface area contributed by atoms with Gasteiger partial charge in [-0.2, -0.15) is 5.10 Å². The van der Waals surface area contributed by atoms with Gasteiger partial charge in [-0.05, 0) is 49.7 Å². The van der Waals surface area contributed by atoms with Crippen LogP contribution in [0.3, 0.4) is 0 Å². The van der Waals surface area contributed by atoms with Crippen molar-refractivity contribution in [2.24, 2.45) is 5.92 Å². The van der Waals surface area contributed by atoms with Gasteiger partial charge in [-0.25, -0.2) is 0 Å². The lowest BCUT2D eigenvalue weighted by molar-refractivity contribution is -0.136. The fraction of sp³-hybridized carbons (Fsp3) is 0.560. The van der Waals surface area contributed by atoms with Gasteiger partial charge in [0.05, 0.1) is 18.1 Å². The van der Waals surface area contributed by atoms with E-state index in [1.54, 1.807) is 0 Å². The number of H-pyrrole nitrogens is 1. The molecule has 1 unspecified atom stereocenters. The number of carbonyl (C=O) groups is 2. The molecule has 172 valence electrons. The largest absolute Gasteiger partial charge is 0.370 e. The minimum Gasteiger partial charge on any atom is -0.370 e. The first-order chi connectivity index (χ1) is 15.4. The second-order valence-corrected chi connectivity index (χ2v) is 9.59. The molecule has 2 amide bonds. The lowest BCUT2D eigenvalue weighted by atomic mass is 9.88. The zero-order valence-electron chi connectivity index (χ0n) is 19.1. The van der Waals surface area contributed by atoms with Crippen LogP contribution in [0.4, 0.5) is 0 Å². The number of piperidine rings is 1. The summed E-state index contributed by atoms with van der Waals surface area (Å²) in [7, 11) is 0. The predicted octanol–water partition coefficient (Wildman–Crippen LogP) is 3.12. The number of benzene rings is 1. The van der Waals surface area contributed by atoms with Crippen molar-refractivity contribution in [1.82, 2.24) is 20.4 Å². The molecule has 32 heavy (non-hydrogen) atoms. The summed E-state index contributed by atoms with van der Waals surface area (Å²) >= 11 is 0. The molecule has 2 fully saturated rings. The highest BCUT2D eigenvalue weighted by molar-refractivity contribution is 5.92. The standard InChI is InChI=1S/C25H34N4O3/c1-18(2)14-20-16-22(28-27-20)24(31)26-17-21-8-9-25(32-21)10-12-29(13-11-25)23(30)15-19-6-4-3-5-7-19/h3-7,16,18,21H,8-15,17H2,1-2H3,(H,26,31)(H,27,28). The van der Waals surface area contributed by atoms with Gasteiger partial charge in [0.25, 0.3) is 5.91 Å². The third kappa shape index (κ3) is 5.57. The third-order valence-corrected chi connectivity index (χ3v) is 6.55. The summed E-state index contributed by atoms with van der Waals surface area (Å²) in [5, 5.41) is 10.1. The third-order valence-electron chi connectivity index (χ3n) is 6.55. The van der Waals surface area contributed by atoms with E-state index in [-0.39, 0.29) is 23.5 Å². The van der Waals surface area contributed by atoms with E-state index < -0.39 is 0 Å². The monoisotopic (exact) mass is 438 g/mol. The van der Waals surface area contributed by atoms with Crippen LogP contribution in [0, 0.1) is 5.92 Å². The number of carbonyl (C=O) groups excluding carboxylic acids is 2. The van der Waals surface area contributed by atoms with Crippen LogP contribution in [0.25, 0.3) is 0 Å². The molecule has 0 saturated carbocycles. The first kappa shape index (κ1) is 22.5. The highest BCUT2D eigenvalue weighted by Crippen LogP contribution is 2.38. The van der Waals surface area contributed by atoms with Gasteiger partial charge >= 0.3 is 0 Å². The zero-order valence-corrected chi connectivity index (χ0v) is 19.1. The molecule has 2 aliphatic heterocycles. The maximum Gasteiger partial charge on any atom is 0.271 e. The summed E-state index contributed by atoms with van der Waals surface area (Å²) in [5.74, 6) is 0.528. The van der Waals surface area contributed by atoms with Crippen molar-refractivity contribution in [3.05, 3.63) is 53.3 Å². The summed E-state index contributed by atoms with van der Waals surface area (Å²) in [6.45, 7) is 6.23. The Balaban J connectivity index is 1.21. The Morgan fingerprint density at radius 3 is 2.69 bits per heavy atom. The Labute approximate surface area is 189 Å². The molecular formula is C25H34N4O3. The normalized spacial score (nSPS) is 20.1. The Hall–Kier alpha value is -2.67. The van der Waals surface area contributed by atoms with E-state index >= 15 is 0 Å². The van der Waals surface area contributed by atoms with E-state index in [2.05, 4.69) is 29.4 Å². The first-order valence-corrected chi connectivity index (χ1v) is 11.7. The Morgan fingerprint density at radius 2 is 1.97 bits per heavy atom. The minimum atomic E-state index is -0.165. The highest BCUT2D eigenvalue weighted by Gasteiger charge is 2.43. The molecule has 0 aliphatic carbocycles. The average Bonchev–Trinajstić information content (AvgIpc) is 3.40. The van der Waals surface area contributed by atoms with Crippen LogP contribution in [0.1, 0.15) is 61.3 Å². The first-order valence-electron chi connectivity index (χ1n) is 11.7. The van der Waals surface area contributed by atoms with Crippen molar-refractivity contribution < 1.29 is 14.3 Å². The van der Waals surface area contributed by atoms with Crippen molar-refractivity contribution in [3.63, 3.8) is 0 Å². The highest BCUT2D eigenvalue weighted by atomic mass is 16.5. The summed E-state index contributed by atoms with van der Waals surface area (Å²) in [4.78, 5) is 27.0. The van der Waals surface area contributed by atoms with E-state index in [1.807, 2.05) is 41.3 Å². The van der Waals surface area contributed by atoms with Crippen molar-refractivity contribution in [2.75, 3.05) is 19.6 Å². The van der Waals surface area contributed by atoms with Gasteiger partial charge in [0.1, 0.15) is 5.69 Å². The van der Waals surface area contributed by atoms with Gasteiger partial charge in [-0.3, -0.25) is 14.7 Å². The maximum absolute atomic E-state index is 12.6. The lowest BCUT2D eigenvalue weighted by Crippen LogP contribution is -2.47. The molecular weight excluding hydrogens is 404 g/mol. The van der Waals surface area contributed by atoms with Crippen LogP contribution in [0.5, 0.6) is 0 Å². The predicted molar refractivity (Wildman–Crippen MR) is 122 cm³/mol. The molecule has 1 atom stereocenters. The van der Waals surface area contributed by atoms with Crippen molar-refractivity contribution in [2.45, 2.75) is 64.1 Å². The molecule has 7 nitrogen and oxygen atoms in total. The maximum atomic E-state index is 12.6.